The molecule has 0 N–H and O–H groups in total. The van der Waals surface area contributed by atoms with Crippen molar-refractivity contribution in [3.05, 3.63) is 64.2 Å². The molecule has 0 bridgehead atoms. The molecule has 146 valence electrons. The number of methoxy groups -OCH3 is 1. The van der Waals surface area contributed by atoms with E-state index in [-0.39, 0.29) is 31.8 Å². The molecule has 1 aliphatic rings. The summed E-state index contributed by atoms with van der Waals surface area (Å²) in [7, 11) is 1.40. The number of carbonyl (C=O) groups is 1. The molecule has 0 saturated carbocycles. The second kappa shape index (κ2) is 7.78. The van der Waals surface area contributed by atoms with E-state index in [1.54, 1.807) is 6.07 Å². The molecular formula is C25H28O2Se. The van der Waals surface area contributed by atoms with E-state index in [2.05, 4.69) is 57.5 Å². The molecule has 0 radical (unpaired) electrons. The summed E-state index contributed by atoms with van der Waals surface area (Å²) >= 11 is 0.0278. The molecule has 0 spiro atoms. The van der Waals surface area contributed by atoms with E-state index in [9.17, 15) is 4.79 Å². The molecule has 0 aromatic heterocycles. The first-order valence-electron chi connectivity index (χ1n) is 9.66. The van der Waals surface area contributed by atoms with Gasteiger partial charge < -0.3 is 0 Å². The van der Waals surface area contributed by atoms with Gasteiger partial charge in [-0.15, -0.1) is 0 Å². The van der Waals surface area contributed by atoms with Crippen molar-refractivity contribution in [3.8, 4) is 10.7 Å². The predicted octanol–water partition coefficient (Wildman–Crippen LogP) is 4.47. The van der Waals surface area contributed by atoms with Crippen LogP contribution in [0.2, 0.25) is 0 Å². The first-order valence-corrected chi connectivity index (χ1v) is 11.4. The molecule has 3 rings (SSSR count). The molecule has 3 heteroatoms. The maximum absolute atomic E-state index is 11.9. The van der Waals surface area contributed by atoms with Crippen molar-refractivity contribution >= 4 is 25.4 Å². The van der Waals surface area contributed by atoms with E-state index in [1.807, 2.05) is 18.2 Å². The van der Waals surface area contributed by atoms with Crippen molar-refractivity contribution in [2.24, 2.45) is 0 Å². The number of hydrogen-bond donors (Lipinski definition) is 0. The maximum atomic E-state index is 11.9. The normalized spacial score (nSPS) is 16.5. The van der Waals surface area contributed by atoms with Crippen molar-refractivity contribution in [1.82, 2.24) is 0 Å². The summed E-state index contributed by atoms with van der Waals surface area (Å²) in [6, 6.07) is 12.2. The van der Waals surface area contributed by atoms with E-state index in [4.69, 9.17) is 4.74 Å². The fourth-order valence-electron chi connectivity index (χ4n) is 3.83. The number of carbonyl (C=O) groups excluding carboxylic acids is 1. The quantitative estimate of drug-likeness (QED) is 0.392. The molecule has 0 unspecified atom stereocenters. The molecule has 0 fully saturated rings. The third-order valence-electron chi connectivity index (χ3n) is 5.83. The van der Waals surface area contributed by atoms with Crippen molar-refractivity contribution in [2.75, 3.05) is 7.11 Å². The van der Waals surface area contributed by atoms with Crippen LogP contribution in [0.15, 0.2) is 36.4 Å². The van der Waals surface area contributed by atoms with Gasteiger partial charge in [-0.2, -0.15) is 0 Å². The van der Waals surface area contributed by atoms with E-state index in [0.29, 0.717) is 5.56 Å². The Morgan fingerprint density at radius 1 is 1.04 bits per heavy atom. The number of hydrogen-bond acceptors (Lipinski definition) is 2. The van der Waals surface area contributed by atoms with Crippen LogP contribution in [0.1, 0.15) is 73.1 Å². The van der Waals surface area contributed by atoms with Crippen molar-refractivity contribution in [1.29, 1.82) is 0 Å². The second-order valence-corrected chi connectivity index (χ2v) is 10.6. The molecule has 0 heterocycles. The van der Waals surface area contributed by atoms with Gasteiger partial charge in [0, 0.05) is 0 Å². The fourth-order valence-corrected chi connectivity index (χ4v) is 5.23. The Hall–Kier alpha value is -2.01. The number of aryl methyl sites for hydroxylation is 1. The Bertz CT molecular complexity index is 974. The molecule has 2 nitrogen and oxygen atoms in total. The number of fused-ring (bicyclic) bond motifs is 1. The van der Waals surface area contributed by atoms with Crippen LogP contribution in [0.4, 0.5) is 0 Å². The summed E-state index contributed by atoms with van der Waals surface area (Å²) in [5, 5.41) is 0. The van der Waals surface area contributed by atoms with Gasteiger partial charge in [-0.1, -0.05) is 0 Å². The van der Waals surface area contributed by atoms with Gasteiger partial charge in [0.25, 0.3) is 0 Å². The van der Waals surface area contributed by atoms with Gasteiger partial charge >= 0.3 is 175 Å². The van der Waals surface area contributed by atoms with Crippen molar-refractivity contribution < 1.29 is 9.53 Å². The summed E-state index contributed by atoms with van der Waals surface area (Å²) in [6.45, 7) is 11.6. The van der Waals surface area contributed by atoms with Gasteiger partial charge in [-0.3, -0.25) is 0 Å². The van der Waals surface area contributed by atoms with Crippen LogP contribution in [0.5, 0.6) is 0 Å². The van der Waals surface area contributed by atoms with Crippen LogP contribution in [-0.2, 0) is 15.6 Å². The Balaban J connectivity index is 1.95. The minimum absolute atomic E-state index is 0.0278. The van der Waals surface area contributed by atoms with Gasteiger partial charge in [0.15, 0.2) is 0 Å². The standard InChI is InChI=1S/C25H28O2Se/c1-17-15-20-21(25(4,5)13-12-24(20,2)3)16-22(17)28-14-11-18-9-7-8-10-19(18)23(26)27-6/h7-10,15-16H,12-13H2,1-6H3. The van der Waals surface area contributed by atoms with Crippen molar-refractivity contribution in [3.63, 3.8) is 0 Å². The van der Waals surface area contributed by atoms with Crippen LogP contribution in [-0.4, -0.2) is 28.0 Å². The van der Waals surface area contributed by atoms with Gasteiger partial charge in [0.2, 0.25) is 0 Å². The molecule has 0 atom stereocenters. The Labute approximate surface area is 175 Å². The molecule has 2 aromatic rings. The average molecular weight is 439 g/mol. The summed E-state index contributed by atoms with van der Waals surface area (Å²) in [5.74, 6) is 2.86. The molecule has 1 aliphatic carbocycles. The zero-order chi connectivity index (χ0) is 20.5. The van der Waals surface area contributed by atoms with Gasteiger partial charge in [-0.05, 0) is 0 Å². The second-order valence-electron chi connectivity index (χ2n) is 8.80. The average Bonchev–Trinajstić information content (AvgIpc) is 2.66. The first kappa shape index (κ1) is 20.7. The zero-order valence-electron chi connectivity index (χ0n) is 17.6. The summed E-state index contributed by atoms with van der Waals surface area (Å²) in [5.41, 5.74) is 5.97. The van der Waals surface area contributed by atoms with E-state index in [0.717, 1.165) is 5.56 Å². The number of esters is 1. The van der Waals surface area contributed by atoms with Crippen LogP contribution >= 0.6 is 0 Å². The van der Waals surface area contributed by atoms with Gasteiger partial charge in [0.05, 0.1) is 0 Å². The predicted molar refractivity (Wildman–Crippen MR) is 117 cm³/mol. The molecule has 0 saturated heterocycles. The van der Waals surface area contributed by atoms with E-state index in [1.165, 1.54) is 41.1 Å². The summed E-state index contributed by atoms with van der Waals surface area (Å²) in [6.07, 6.45) is 2.43. The van der Waals surface area contributed by atoms with Crippen LogP contribution in [0.25, 0.3) is 0 Å². The van der Waals surface area contributed by atoms with E-state index < -0.39 is 0 Å². The van der Waals surface area contributed by atoms with E-state index >= 15 is 0 Å². The van der Waals surface area contributed by atoms with Crippen molar-refractivity contribution in [2.45, 2.75) is 58.3 Å². The summed E-state index contributed by atoms with van der Waals surface area (Å²) < 4.78 is 6.20. The SMILES string of the molecule is COC(=O)c1ccccc1C#C[Se]c1cc2c(cc1C)C(C)(C)CCC2(C)C. The zero-order valence-corrected chi connectivity index (χ0v) is 19.3. The third kappa shape index (κ3) is 4.04. The minimum atomic E-state index is -0.341. The van der Waals surface area contributed by atoms with Crippen LogP contribution < -0.4 is 4.46 Å². The number of benzene rings is 2. The number of ether oxygens (including phenoxy) is 1. The first-order chi connectivity index (χ1) is 13.2. The Morgan fingerprint density at radius 3 is 2.29 bits per heavy atom. The molecule has 0 aliphatic heterocycles. The van der Waals surface area contributed by atoms with Gasteiger partial charge in [0.1, 0.15) is 0 Å². The molecular weight excluding hydrogens is 411 g/mol. The molecule has 0 amide bonds. The summed E-state index contributed by atoms with van der Waals surface area (Å²) in [4.78, 5) is 15.3. The molecule has 2 aromatic carbocycles. The molecule has 28 heavy (non-hydrogen) atoms. The fraction of sp³-hybridized carbons (Fsp3) is 0.400. The Morgan fingerprint density at radius 2 is 1.64 bits per heavy atom. The van der Waals surface area contributed by atoms with Crippen LogP contribution in [0, 0.1) is 17.7 Å². The number of rotatable bonds is 2. The Kier molecular flexibility index (Phi) is 5.76. The van der Waals surface area contributed by atoms with Crippen LogP contribution in [0.3, 0.4) is 0 Å². The monoisotopic (exact) mass is 440 g/mol. The third-order valence-corrected chi connectivity index (χ3v) is 7.64. The van der Waals surface area contributed by atoms with Gasteiger partial charge in [-0.25, -0.2) is 0 Å². The topological polar surface area (TPSA) is 26.3 Å².